The largest absolute Gasteiger partial charge is 0.433 e. The minimum atomic E-state index is -4.67. The molecular weight excluding hydrogens is 209 g/mol. The fourth-order valence-electron chi connectivity index (χ4n) is 0.888. The minimum absolute atomic E-state index is 0.780. The summed E-state index contributed by atoms with van der Waals surface area (Å²) in [5.41, 5.74) is -1.28. The van der Waals surface area contributed by atoms with Gasteiger partial charge in [-0.1, -0.05) is 0 Å². The summed E-state index contributed by atoms with van der Waals surface area (Å²) in [6, 6.07) is 0. The van der Waals surface area contributed by atoms with Crippen LogP contribution in [-0.2, 0) is 0 Å². The summed E-state index contributed by atoms with van der Waals surface area (Å²) in [5.74, 6) is 0. The molecule has 2 atom stereocenters. The number of nitrogens with zero attached hydrogens (tertiary/aromatic N) is 2. The van der Waals surface area contributed by atoms with Gasteiger partial charge in [0.05, 0.1) is 12.3 Å². The first-order valence-electron chi connectivity index (χ1n) is 3.35. The van der Waals surface area contributed by atoms with Gasteiger partial charge < -0.3 is 5.11 Å². The highest BCUT2D eigenvalue weighted by atomic mass is 35.5. The van der Waals surface area contributed by atoms with Gasteiger partial charge >= 0.3 is 6.18 Å². The molecular formula is C6H6ClF3N2O. The van der Waals surface area contributed by atoms with Crippen molar-refractivity contribution in [1.29, 1.82) is 0 Å². The first kappa shape index (κ1) is 10.5. The molecule has 0 aliphatic carbocycles. The highest BCUT2D eigenvalue weighted by Crippen LogP contribution is 2.33. The second-order valence-electron chi connectivity index (χ2n) is 2.63. The monoisotopic (exact) mass is 214 g/mol. The predicted octanol–water partition coefficient (Wildman–Crippen LogP) is 1.35. The van der Waals surface area contributed by atoms with Gasteiger partial charge in [0, 0.05) is 0 Å². The van der Waals surface area contributed by atoms with E-state index in [-0.39, 0.29) is 0 Å². The maximum atomic E-state index is 12.2. The summed E-state index contributed by atoms with van der Waals surface area (Å²) in [7, 11) is 0. The van der Waals surface area contributed by atoms with Crippen molar-refractivity contribution in [3.05, 3.63) is 0 Å². The number of aliphatic hydroxyl groups excluding tert-OH is 1. The Morgan fingerprint density at radius 1 is 1.62 bits per heavy atom. The summed E-state index contributed by atoms with van der Waals surface area (Å²) in [6.45, 7) is 1.14. The zero-order valence-electron chi connectivity index (χ0n) is 6.51. The van der Waals surface area contributed by atoms with Gasteiger partial charge in [0.1, 0.15) is 0 Å². The fraction of sp³-hybridized carbons (Fsp3) is 0.667. The predicted molar refractivity (Wildman–Crippen MR) is 42.2 cm³/mol. The number of halogens is 4. The van der Waals surface area contributed by atoms with Crippen LogP contribution in [-0.4, -0.2) is 34.2 Å². The molecule has 3 nitrogen and oxygen atoms in total. The zero-order chi connectivity index (χ0) is 10.3. The molecule has 0 spiro atoms. The molecule has 7 heteroatoms. The molecule has 0 fully saturated rings. The molecule has 0 bridgehead atoms. The van der Waals surface area contributed by atoms with E-state index in [2.05, 4.69) is 10.2 Å². The molecule has 1 heterocycles. The van der Waals surface area contributed by atoms with Crippen LogP contribution in [0, 0.1) is 0 Å². The lowest BCUT2D eigenvalue weighted by atomic mass is 9.98. The Balaban J connectivity index is 3.03. The summed E-state index contributed by atoms with van der Waals surface area (Å²) in [4.78, 5) is -2.04. The van der Waals surface area contributed by atoms with Crippen LogP contribution < -0.4 is 0 Å². The molecule has 1 rings (SSSR count). The second-order valence-corrected chi connectivity index (χ2v) is 3.26. The van der Waals surface area contributed by atoms with Crippen LogP contribution in [0.3, 0.4) is 0 Å². The highest BCUT2D eigenvalue weighted by molar-refractivity contribution is 6.47. The Morgan fingerprint density at radius 3 is 2.46 bits per heavy atom. The van der Waals surface area contributed by atoms with Crippen LogP contribution in [0.4, 0.5) is 13.2 Å². The molecule has 13 heavy (non-hydrogen) atoms. The summed E-state index contributed by atoms with van der Waals surface area (Å²) in [5, 5.41) is 14.9. The third kappa shape index (κ3) is 1.68. The molecule has 2 unspecified atom stereocenters. The van der Waals surface area contributed by atoms with E-state index in [4.69, 9.17) is 16.7 Å². The van der Waals surface area contributed by atoms with Crippen LogP contribution in [0.1, 0.15) is 6.92 Å². The lowest BCUT2D eigenvalue weighted by Gasteiger charge is -2.24. The quantitative estimate of drug-likeness (QED) is 0.658. The van der Waals surface area contributed by atoms with Crippen LogP contribution in [0.2, 0.25) is 0 Å². The molecule has 0 aromatic rings. The molecule has 0 amide bonds. The molecule has 0 saturated carbocycles. The maximum Gasteiger partial charge on any atom is 0.433 e. The molecule has 1 aliphatic rings. The number of alkyl halides is 4. The SMILES string of the molecule is CC(O)C1(Cl)C=NN=C1C(F)(F)F. The van der Waals surface area contributed by atoms with Gasteiger partial charge in [0.15, 0.2) is 10.6 Å². The molecule has 1 aliphatic heterocycles. The van der Waals surface area contributed by atoms with E-state index >= 15 is 0 Å². The van der Waals surface area contributed by atoms with Crippen LogP contribution in [0.5, 0.6) is 0 Å². The van der Waals surface area contributed by atoms with Gasteiger partial charge in [-0.2, -0.15) is 18.3 Å². The van der Waals surface area contributed by atoms with E-state index in [0.717, 1.165) is 13.1 Å². The zero-order valence-corrected chi connectivity index (χ0v) is 7.26. The van der Waals surface area contributed by atoms with Crippen molar-refractivity contribution in [2.24, 2.45) is 10.2 Å². The van der Waals surface area contributed by atoms with Gasteiger partial charge in [0.25, 0.3) is 0 Å². The van der Waals surface area contributed by atoms with Crippen LogP contribution in [0.15, 0.2) is 10.2 Å². The Hall–Kier alpha value is -0.620. The topological polar surface area (TPSA) is 45.0 Å². The Kier molecular flexibility index (Phi) is 2.38. The van der Waals surface area contributed by atoms with Gasteiger partial charge in [0.2, 0.25) is 0 Å². The van der Waals surface area contributed by atoms with E-state index in [9.17, 15) is 13.2 Å². The minimum Gasteiger partial charge on any atom is -0.391 e. The summed E-state index contributed by atoms with van der Waals surface area (Å²) >= 11 is 5.51. The van der Waals surface area contributed by atoms with Gasteiger partial charge in [-0.25, -0.2) is 0 Å². The van der Waals surface area contributed by atoms with E-state index in [1.54, 1.807) is 0 Å². The van der Waals surface area contributed by atoms with Crippen LogP contribution >= 0.6 is 11.6 Å². The fourth-order valence-corrected chi connectivity index (χ4v) is 1.08. The maximum absolute atomic E-state index is 12.2. The van der Waals surface area contributed by atoms with Crippen molar-refractivity contribution in [3.8, 4) is 0 Å². The van der Waals surface area contributed by atoms with Crippen LogP contribution in [0.25, 0.3) is 0 Å². The smallest absolute Gasteiger partial charge is 0.391 e. The number of hydrogen-bond donors (Lipinski definition) is 1. The van der Waals surface area contributed by atoms with Crippen molar-refractivity contribution in [2.45, 2.75) is 24.1 Å². The standard InChI is InChI=1S/C6H6ClF3N2O/c1-3(13)5(7)2-11-12-4(5)6(8,9)10/h2-3,13H,1H3. The Morgan fingerprint density at radius 2 is 2.15 bits per heavy atom. The molecule has 74 valence electrons. The Bertz CT molecular complexity index is 274. The first-order valence-corrected chi connectivity index (χ1v) is 3.73. The number of rotatable bonds is 1. The van der Waals surface area contributed by atoms with E-state index in [1.807, 2.05) is 0 Å². The van der Waals surface area contributed by atoms with Gasteiger partial charge in [-0.3, -0.25) is 0 Å². The molecule has 0 radical (unpaired) electrons. The van der Waals surface area contributed by atoms with E-state index in [1.165, 1.54) is 0 Å². The van der Waals surface area contributed by atoms with E-state index in [0.29, 0.717) is 0 Å². The Labute approximate surface area is 76.9 Å². The third-order valence-corrected chi connectivity index (χ3v) is 2.24. The molecule has 0 aromatic carbocycles. The molecule has 0 saturated heterocycles. The average Bonchev–Trinajstić information content (AvgIpc) is 2.31. The van der Waals surface area contributed by atoms with Crippen molar-refractivity contribution < 1.29 is 18.3 Å². The lowest BCUT2D eigenvalue weighted by molar-refractivity contribution is -0.0626. The second kappa shape index (κ2) is 2.95. The number of hydrogen-bond acceptors (Lipinski definition) is 3. The third-order valence-electron chi connectivity index (χ3n) is 1.64. The van der Waals surface area contributed by atoms with Crippen molar-refractivity contribution in [3.63, 3.8) is 0 Å². The van der Waals surface area contributed by atoms with Crippen molar-refractivity contribution >= 4 is 23.5 Å². The summed E-state index contributed by atoms with van der Waals surface area (Å²) in [6.07, 6.45) is -5.29. The van der Waals surface area contributed by atoms with Crippen molar-refractivity contribution in [1.82, 2.24) is 0 Å². The van der Waals surface area contributed by atoms with Gasteiger partial charge in [-0.05, 0) is 6.92 Å². The van der Waals surface area contributed by atoms with Gasteiger partial charge in [-0.15, -0.1) is 16.7 Å². The van der Waals surface area contributed by atoms with Crippen molar-refractivity contribution in [2.75, 3.05) is 0 Å². The first-order chi connectivity index (χ1) is 5.78. The molecule has 0 aromatic heterocycles. The average molecular weight is 215 g/mol. The molecule has 1 N–H and O–H groups in total. The van der Waals surface area contributed by atoms with E-state index < -0.39 is 22.9 Å². The number of aliphatic hydroxyl groups is 1. The highest BCUT2D eigenvalue weighted by Gasteiger charge is 2.53. The normalized spacial score (nSPS) is 30.5. The lowest BCUT2D eigenvalue weighted by Crippen LogP contribution is -2.49. The summed E-state index contributed by atoms with van der Waals surface area (Å²) < 4.78 is 36.6.